The van der Waals surface area contributed by atoms with Gasteiger partial charge in [-0.05, 0) is 30.7 Å². The molecule has 3 aromatic rings. The summed E-state index contributed by atoms with van der Waals surface area (Å²) >= 11 is 0. The summed E-state index contributed by atoms with van der Waals surface area (Å²) in [6.45, 7) is 1.96. The van der Waals surface area contributed by atoms with Gasteiger partial charge >= 0.3 is 0 Å². The first-order valence-electron chi connectivity index (χ1n) is 9.18. The van der Waals surface area contributed by atoms with Crippen molar-refractivity contribution in [2.75, 3.05) is 25.1 Å². The lowest BCUT2D eigenvalue weighted by Gasteiger charge is -2.10. The van der Waals surface area contributed by atoms with E-state index in [4.69, 9.17) is 15.2 Å². The van der Waals surface area contributed by atoms with Gasteiger partial charge in [-0.25, -0.2) is 4.98 Å². The number of aromatic amines is 1. The second-order valence-electron chi connectivity index (χ2n) is 6.41. The number of fused-ring (bicyclic) bond motifs is 2. The summed E-state index contributed by atoms with van der Waals surface area (Å²) in [5.74, 6) is 2.85. The lowest BCUT2D eigenvalue weighted by atomic mass is 10.2. The van der Waals surface area contributed by atoms with E-state index >= 15 is 0 Å². The second kappa shape index (κ2) is 9.63. The van der Waals surface area contributed by atoms with Crippen LogP contribution in [-0.2, 0) is 6.42 Å². The van der Waals surface area contributed by atoms with E-state index < -0.39 is 0 Å². The number of aromatic nitrogens is 2. The molecule has 2 aromatic carbocycles. The fourth-order valence-electron chi connectivity index (χ4n) is 3.00. The number of aliphatic imine (C=N–C) groups is 1. The minimum atomic E-state index is 0. The Morgan fingerprint density at radius 2 is 1.96 bits per heavy atom. The zero-order valence-electron chi connectivity index (χ0n) is 15.5. The third kappa shape index (κ3) is 5.06. The van der Waals surface area contributed by atoms with E-state index in [0.717, 1.165) is 53.3 Å². The highest BCUT2D eigenvalue weighted by atomic mass is 127. The number of H-pyrrole nitrogens is 1. The van der Waals surface area contributed by atoms with Crippen LogP contribution in [0.3, 0.4) is 0 Å². The van der Waals surface area contributed by atoms with Crippen LogP contribution in [0.1, 0.15) is 18.7 Å². The van der Waals surface area contributed by atoms with E-state index in [1.165, 1.54) is 0 Å². The number of nitrogens with two attached hydrogens (primary N) is 1. The summed E-state index contributed by atoms with van der Waals surface area (Å²) in [6.07, 6.45) is 2.57. The number of para-hydroxylation sites is 2. The Hall–Kier alpha value is -2.49. The van der Waals surface area contributed by atoms with Gasteiger partial charge in [0, 0.05) is 31.1 Å². The molecule has 0 bridgehead atoms. The van der Waals surface area contributed by atoms with Crippen molar-refractivity contribution in [2.24, 2.45) is 10.7 Å². The van der Waals surface area contributed by atoms with Gasteiger partial charge < -0.3 is 25.5 Å². The molecule has 1 aliphatic rings. The highest BCUT2D eigenvalue weighted by molar-refractivity contribution is 14.0. The number of nitrogens with one attached hydrogen (secondary N) is 2. The van der Waals surface area contributed by atoms with Crippen LogP contribution < -0.4 is 20.5 Å². The molecule has 148 valence electrons. The zero-order chi connectivity index (χ0) is 18.5. The Balaban J connectivity index is 0.00000225. The first kappa shape index (κ1) is 20.2. The van der Waals surface area contributed by atoms with Crippen LogP contribution in [0.4, 0.5) is 5.69 Å². The largest absolute Gasteiger partial charge is 0.490 e. The number of anilines is 1. The molecule has 28 heavy (non-hydrogen) atoms. The Labute approximate surface area is 180 Å². The molecule has 1 aliphatic heterocycles. The van der Waals surface area contributed by atoms with Crippen molar-refractivity contribution in [1.82, 2.24) is 9.97 Å². The number of rotatable bonds is 5. The Morgan fingerprint density at radius 3 is 2.82 bits per heavy atom. The van der Waals surface area contributed by atoms with Crippen LogP contribution in [0, 0.1) is 0 Å². The van der Waals surface area contributed by atoms with Gasteiger partial charge in [0.15, 0.2) is 17.5 Å². The van der Waals surface area contributed by atoms with Crippen LogP contribution in [0.25, 0.3) is 11.0 Å². The van der Waals surface area contributed by atoms with Gasteiger partial charge in [0.25, 0.3) is 0 Å². The molecule has 7 nitrogen and oxygen atoms in total. The van der Waals surface area contributed by atoms with Crippen LogP contribution in [0.15, 0.2) is 47.5 Å². The molecule has 0 unspecified atom stereocenters. The number of benzene rings is 2. The molecular formula is C20H24IN5O2. The number of hydrogen-bond acceptors (Lipinski definition) is 4. The molecule has 0 radical (unpaired) electrons. The van der Waals surface area contributed by atoms with Crippen LogP contribution in [-0.4, -0.2) is 35.7 Å². The van der Waals surface area contributed by atoms with Gasteiger partial charge in [-0.2, -0.15) is 0 Å². The summed E-state index contributed by atoms with van der Waals surface area (Å²) in [5.41, 5.74) is 8.88. The first-order chi connectivity index (χ1) is 13.3. The molecule has 2 heterocycles. The lowest BCUT2D eigenvalue weighted by molar-refractivity contribution is 0.297. The standard InChI is InChI=1S/C20H23N5O2.HI/c21-20(23-14-8-9-17-18(13-14)27-12-4-11-26-17)22-10-3-7-19-24-15-5-1-2-6-16(15)25-19;/h1-2,5-6,8-9,13H,3-4,7,10-12H2,(H,24,25)(H3,21,22,23);1H. The van der Waals surface area contributed by atoms with Crippen molar-refractivity contribution >= 4 is 46.7 Å². The third-order valence-corrected chi connectivity index (χ3v) is 4.31. The number of imidazole rings is 1. The smallest absolute Gasteiger partial charge is 0.193 e. The summed E-state index contributed by atoms with van der Waals surface area (Å²) in [7, 11) is 0. The van der Waals surface area contributed by atoms with E-state index in [2.05, 4.69) is 20.3 Å². The van der Waals surface area contributed by atoms with Gasteiger partial charge in [-0.15, -0.1) is 24.0 Å². The number of halogens is 1. The van der Waals surface area contributed by atoms with Gasteiger partial charge in [0.05, 0.1) is 24.2 Å². The molecule has 0 saturated carbocycles. The molecule has 0 fully saturated rings. The average Bonchev–Trinajstić information content (AvgIpc) is 2.95. The van der Waals surface area contributed by atoms with Crippen molar-refractivity contribution in [3.05, 3.63) is 48.3 Å². The molecule has 1 aromatic heterocycles. The van der Waals surface area contributed by atoms with E-state index in [1.54, 1.807) is 0 Å². The van der Waals surface area contributed by atoms with Crippen molar-refractivity contribution in [3.8, 4) is 11.5 Å². The fourth-order valence-corrected chi connectivity index (χ4v) is 3.00. The molecule has 0 aliphatic carbocycles. The molecule has 8 heteroatoms. The minimum Gasteiger partial charge on any atom is -0.490 e. The summed E-state index contributed by atoms with van der Waals surface area (Å²) in [5, 5.41) is 3.10. The molecule has 4 rings (SSSR count). The Morgan fingerprint density at radius 1 is 1.14 bits per heavy atom. The lowest BCUT2D eigenvalue weighted by Crippen LogP contribution is -2.23. The van der Waals surface area contributed by atoms with Gasteiger partial charge in [0.1, 0.15) is 5.82 Å². The van der Waals surface area contributed by atoms with Crippen molar-refractivity contribution < 1.29 is 9.47 Å². The van der Waals surface area contributed by atoms with Crippen molar-refractivity contribution in [2.45, 2.75) is 19.3 Å². The molecule has 4 N–H and O–H groups in total. The van der Waals surface area contributed by atoms with Crippen LogP contribution >= 0.6 is 24.0 Å². The SMILES string of the molecule is I.NC(=NCCCc1nc2ccccc2[nH]1)Nc1ccc2c(c1)OCCCO2. The number of aryl methyl sites for hydroxylation is 1. The van der Waals surface area contributed by atoms with E-state index in [1.807, 2.05) is 42.5 Å². The summed E-state index contributed by atoms with van der Waals surface area (Å²) < 4.78 is 11.3. The average molecular weight is 493 g/mol. The van der Waals surface area contributed by atoms with E-state index in [9.17, 15) is 0 Å². The van der Waals surface area contributed by atoms with Gasteiger partial charge in [0.2, 0.25) is 0 Å². The van der Waals surface area contributed by atoms with Gasteiger partial charge in [-0.3, -0.25) is 4.99 Å². The van der Waals surface area contributed by atoms with Crippen molar-refractivity contribution in [3.63, 3.8) is 0 Å². The summed E-state index contributed by atoms with van der Waals surface area (Å²) in [6, 6.07) is 13.7. The van der Waals surface area contributed by atoms with Crippen LogP contribution in [0.5, 0.6) is 11.5 Å². The topological polar surface area (TPSA) is 97.6 Å². The minimum absolute atomic E-state index is 0. The number of guanidine groups is 1. The predicted molar refractivity (Wildman–Crippen MR) is 122 cm³/mol. The molecule has 0 saturated heterocycles. The zero-order valence-corrected chi connectivity index (χ0v) is 17.8. The maximum atomic E-state index is 6.00. The molecular weight excluding hydrogens is 469 g/mol. The normalized spacial score (nSPS) is 13.6. The predicted octanol–water partition coefficient (Wildman–Crippen LogP) is 3.70. The monoisotopic (exact) mass is 493 g/mol. The van der Waals surface area contributed by atoms with Crippen molar-refractivity contribution in [1.29, 1.82) is 0 Å². The van der Waals surface area contributed by atoms with E-state index in [-0.39, 0.29) is 24.0 Å². The maximum Gasteiger partial charge on any atom is 0.193 e. The number of hydrogen-bond donors (Lipinski definition) is 3. The molecule has 0 atom stereocenters. The fraction of sp³-hybridized carbons (Fsp3) is 0.300. The highest BCUT2D eigenvalue weighted by Crippen LogP contribution is 2.32. The molecule has 0 spiro atoms. The maximum absolute atomic E-state index is 6.00. The van der Waals surface area contributed by atoms with Gasteiger partial charge in [-0.1, -0.05) is 12.1 Å². The summed E-state index contributed by atoms with van der Waals surface area (Å²) in [4.78, 5) is 12.3. The highest BCUT2D eigenvalue weighted by Gasteiger charge is 2.10. The Kier molecular flexibility index (Phi) is 6.96. The second-order valence-corrected chi connectivity index (χ2v) is 6.41. The van der Waals surface area contributed by atoms with Crippen LogP contribution in [0.2, 0.25) is 0 Å². The Bertz CT molecular complexity index is 924. The first-order valence-corrected chi connectivity index (χ1v) is 9.18. The third-order valence-electron chi connectivity index (χ3n) is 4.31. The van der Waals surface area contributed by atoms with E-state index in [0.29, 0.717) is 25.7 Å². The molecule has 0 amide bonds. The number of nitrogens with zero attached hydrogens (tertiary/aromatic N) is 2. The quantitative estimate of drug-likeness (QED) is 0.218. The number of ether oxygens (including phenoxy) is 2.